The Hall–Kier alpha value is -0.280. The summed E-state index contributed by atoms with van der Waals surface area (Å²) in [5.41, 5.74) is 1.42. The summed E-state index contributed by atoms with van der Waals surface area (Å²) in [5, 5.41) is 3.43. The molecule has 0 saturated carbocycles. The largest absolute Gasteiger partial charge is 0.315 e. The molecule has 0 bridgehead atoms. The molecule has 1 heterocycles. The first-order valence-electron chi connectivity index (χ1n) is 6.23. The molecule has 0 aliphatic carbocycles. The van der Waals surface area contributed by atoms with Crippen LogP contribution in [0.3, 0.4) is 0 Å². The first kappa shape index (κ1) is 17.7. The van der Waals surface area contributed by atoms with Gasteiger partial charge in [-0.2, -0.15) is 0 Å². The summed E-state index contributed by atoms with van der Waals surface area (Å²) in [4.78, 5) is 2.55. The van der Waals surface area contributed by atoms with Crippen molar-refractivity contribution in [3.63, 3.8) is 0 Å². The molecule has 0 amide bonds. The molecule has 1 aromatic carbocycles. The fourth-order valence-corrected chi connectivity index (χ4v) is 2.50. The number of halogens is 2. The van der Waals surface area contributed by atoms with E-state index in [9.17, 15) is 0 Å². The molecule has 0 radical (unpaired) electrons. The molecular formula is C14H24Cl2N2. The molecule has 2 nitrogen and oxygen atoms in total. The third kappa shape index (κ3) is 4.77. The van der Waals surface area contributed by atoms with Gasteiger partial charge in [-0.25, -0.2) is 0 Å². The maximum atomic E-state index is 3.43. The summed E-state index contributed by atoms with van der Waals surface area (Å²) < 4.78 is 0. The molecule has 2 atom stereocenters. The number of hydrogen-bond donors (Lipinski definition) is 1. The third-order valence-corrected chi connectivity index (χ3v) is 3.66. The van der Waals surface area contributed by atoms with E-state index in [1.807, 2.05) is 0 Å². The molecule has 1 aliphatic rings. The molecule has 104 valence electrons. The van der Waals surface area contributed by atoms with Gasteiger partial charge in [-0.3, -0.25) is 4.90 Å². The van der Waals surface area contributed by atoms with Crippen LogP contribution < -0.4 is 5.32 Å². The summed E-state index contributed by atoms with van der Waals surface area (Å²) in [7, 11) is 2.08. The highest BCUT2D eigenvalue weighted by Gasteiger charge is 2.24. The van der Waals surface area contributed by atoms with Crippen molar-refractivity contribution in [3.8, 4) is 0 Å². The molecule has 2 rings (SSSR count). The Morgan fingerprint density at radius 1 is 1.22 bits per heavy atom. The molecule has 1 N–H and O–H groups in total. The van der Waals surface area contributed by atoms with Gasteiger partial charge in [0.2, 0.25) is 0 Å². The van der Waals surface area contributed by atoms with Gasteiger partial charge in [0.15, 0.2) is 0 Å². The summed E-state index contributed by atoms with van der Waals surface area (Å²) in [6.45, 7) is 5.84. The van der Waals surface area contributed by atoms with Gasteiger partial charge in [0, 0.05) is 19.1 Å². The molecule has 0 unspecified atom stereocenters. The van der Waals surface area contributed by atoms with Gasteiger partial charge in [0.25, 0.3) is 0 Å². The van der Waals surface area contributed by atoms with E-state index >= 15 is 0 Å². The number of likely N-dealkylation sites (N-methyl/N-ethyl adjacent to an activating group) is 1. The number of likely N-dealkylation sites (tertiary alicyclic amines) is 1. The number of nitrogens with zero attached hydrogens (tertiary/aromatic N) is 1. The van der Waals surface area contributed by atoms with E-state index in [0.29, 0.717) is 6.04 Å². The van der Waals surface area contributed by atoms with Crippen molar-refractivity contribution in [3.05, 3.63) is 35.9 Å². The lowest BCUT2D eigenvalue weighted by atomic mass is 9.93. The van der Waals surface area contributed by atoms with E-state index in [4.69, 9.17) is 0 Å². The van der Waals surface area contributed by atoms with Crippen molar-refractivity contribution in [2.75, 3.05) is 20.1 Å². The van der Waals surface area contributed by atoms with Crippen molar-refractivity contribution in [2.24, 2.45) is 5.92 Å². The van der Waals surface area contributed by atoms with Gasteiger partial charge in [0.05, 0.1) is 0 Å². The lowest BCUT2D eigenvalue weighted by molar-refractivity contribution is 0.147. The van der Waals surface area contributed by atoms with E-state index in [1.165, 1.54) is 25.1 Å². The van der Waals surface area contributed by atoms with E-state index in [2.05, 4.69) is 54.5 Å². The Balaban J connectivity index is 0.00000144. The van der Waals surface area contributed by atoms with Crippen LogP contribution >= 0.6 is 24.8 Å². The number of hydrogen-bond acceptors (Lipinski definition) is 2. The molecule has 0 aromatic heterocycles. The smallest absolute Gasteiger partial charge is 0.0234 e. The van der Waals surface area contributed by atoms with Gasteiger partial charge >= 0.3 is 0 Å². The SMILES string of the molecule is CN[C@H]1CN(Cc2ccccc2)CC[C@@H]1C.Cl.Cl. The Morgan fingerprint density at radius 2 is 1.89 bits per heavy atom. The van der Waals surface area contributed by atoms with Crippen LogP contribution in [0.4, 0.5) is 0 Å². The van der Waals surface area contributed by atoms with E-state index < -0.39 is 0 Å². The summed E-state index contributed by atoms with van der Waals surface area (Å²) in [5.74, 6) is 0.803. The molecule has 1 fully saturated rings. The molecule has 4 heteroatoms. The van der Waals surface area contributed by atoms with Gasteiger partial charge < -0.3 is 5.32 Å². The van der Waals surface area contributed by atoms with Gasteiger partial charge in [-0.15, -0.1) is 24.8 Å². The first-order chi connectivity index (χ1) is 7.79. The molecule has 1 aliphatic heterocycles. The van der Waals surface area contributed by atoms with Crippen LogP contribution in [0, 0.1) is 5.92 Å². The Kier molecular flexibility index (Phi) is 8.62. The quantitative estimate of drug-likeness (QED) is 0.921. The van der Waals surface area contributed by atoms with Crippen molar-refractivity contribution in [1.29, 1.82) is 0 Å². The highest BCUT2D eigenvalue weighted by molar-refractivity contribution is 5.85. The number of nitrogens with one attached hydrogen (secondary N) is 1. The Morgan fingerprint density at radius 3 is 2.50 bits per heavy atom. The number of piperidine rings is 1. The van der Waals surface area contributed by atoms with Crippen LogP contribution in [0.5, 0.6) is 0 Å². The van der Waals surface area contributed by atoms with E-state index in [-0.39, 0.29) is 24.8 Å². The zero-order chi connectivity index (χ0) is 11.4. The van der Waals surface area contributed by atoms with Crippen molar-refractivity contribution in [2.45, 2.75) is 25.9 Å². The Labute approximate surface area is 123 Å². The molecule has 1 aromatic rings. The maximum absolute atomic E-state index is 3.43. The lowest BCUT2D eigenvalue weighted by Crippen LogP contribution is -2.48. The highest BCUT2D eigenvalue weighted by Crippen LogP contribution is 2.18. The van der Waals surface area contributed by atoms with E-state index in [0.717, 1.165) is 12.5 Å². The van der Waals surface area contributed by atoms with Gasteiger partial charge in [-0.05, 0) is 31.5 Å². The molecule has 0 spiro atoms. The minimum Gasteiger partial charge on any atom is -0.315 e. The monoisotopic (exact) mass is 290 g/mol. The summed E-state index contributed by atoms with van der Waals surface area (Å²) in [6.07, 6.45) is 1.30. The average molecular weight is 291 g/mol. The van der Waals surface area contributed by atoms with Crippen LogP contribution in [0.15, 0.2) is 30.3 Å². The van der Waals surface area contributed by atoms with Crippen LogP contribution in [0.25, 0.3) is 0 Å². The lowest BCUT2D eigenvalue weighted by Gasteiger charge is -2.37. The van der Waals surface area contributed by atoms with Crippen LogP contribution in [0.1, 0.15) is 18.9 Å². The standard InChI is InChI=1S/C14H22N2.2ClH/c1-12-8-9-16(11-14(12)15-2)10-13-6-4-3-5-7-13;;/h3-7,12,14-15H,8-11H2,1-2H3;2*1H/t12-,14-;;/m0../s1. The fraction of sp³-hybridized carbons (Fsp3) is 0.571. The highest BCUT2D eigenvalue weighted by atomic mass is 35.5. The number of benzene rings is 1. The Bertz CT molecular complexity index is 319. The normalized spacial score (nSPS) is 23.9. The van der Waals surface area contributed by atoms with Crippen molar-refractivity contribution in [1.82, 2.24) is 10.2 Å². The predicted octanol–water partition coefficient (Wildman–Crippen LogP) is 2.96. The van der Waals surface area contributed by atoms with Crippen molar-refractivity contribution >= 4 is 24.8 Å². The second-order valence-electron chi connectivity index (χ2n) is 4.88. The van der Waals surface area contributed by atoms with Crippen molar-refractivity contribution < 1.29 is 0 Å². The summed E-state index contributed by atoms with van der Waals surface area (Å²) >= 11 is 0. The maximum Gasteiger partial charge on any atom is 0.0234 e. The molecule has 18 heavy (non-hydrogen) atoms. The number of rotatable bonds is 3. The first-order valence-corrected chi connectivity index (χ1v) is 6.23. The zero-order valence-electron chi connectivity index (χ0n) is 11.1. The predicted molar refractivity (Wildman–Crippen MR) is 82.8 cm³/mol. The fourth-order valence-electron chi connectivity index (χ4n) is 2.50. The average Bonchev–Trinajstić information content (AvgIpc) is 2.33. The second kappa shape index (κ2) is 8.76. The second-order valence-corrected chi connectivity index (χ2v) is 4.88. The van der Waals surface area contributed by atoms with Gasteiger partial charge in [-0.1, -0.05) is 37.3 Å². The zero-order valence-corrected chi connectivity index (χ0v) is 12.8. The molecular weight excluding hydrogens is 267 g/mol. The van der Waals surface area contributed by atoms with Crippen LogP contribution in [-0.4, -0.2) is 31.1 Å². The molecule has 1 saturated heterocycles. The third-order valence-electron chi connectivity index (χ3n) is 3.66. The summed E-state index contributed by atoms with van der Waals surface area (Å²) in [6, 6.07) is 11.4. The van der Waals surface area contributed by atoms with Gasteiger partial charge in [0.1, 0.15) is 0 Å². The van der Waals surface area contributed by atoms with Crippen LogP contribution in [0.2, 0.25) is 0 Å². The van der Waals surface area contributed by atoms with Crippen LogP contribution in [-0.2, 0) is 6.54 Å². The topological polar surface area (TPSA) is 15.3 Å². The minimum absolute atomic E-state index is 0. The minimum atomic E-state index is 0. The van der Waals surface area contributed by atoms with E-state index in [1.54, 1.807) is 0 Å².